The number of halogens is 1. The Labute approximate surface area is 198 Å². The lowest BCUT2D eigenvalue weighted by Gasteiger charge is -2.18. The third-order valence-electron chi connectivity index (χ3n) is 7.31. The number of anilines is 2. The molecule has 2 aromatic carbocycles. The lowest BCUT2D eigenvalue weighted by molar-refractivity contribution is -0.119. The van der Waals surface area contributed by atoms with Gasteiger partial charge >= 0.3 is 0 Å². The number of nitrogens with zero attached hydrogens (tertiary/aromatic N) is 2. The molecule has 2 aliphatic carbocycles. The summed E-state index contributed by atoms with van der Waals surface area (Å²) in [6.45, 7) is 1.91. The number of fused-ring (bicyclic) bond motifs is 1. The number of hydrogen-bond donors (Lipinski definition) is 2. The zero-order valence-electron chi connectivity index (χ0n) is 18.7. The van der Waals surface area contributed by atoms with E-state index in [1.807, 2.05) is 49.4 Å². The van der Waals surface area contributed by atoms with Gasteiger partial charge in [-0.05, 0) is 54.9 Å². The van der Waals surface area contributed by atoms with E-state index in [-0.39, 0.29) is 23.7 Å². The minimum atomic E-state index is -0.289. The number of hydrogen-bond acceptors (Lipinski definition) is 4. The van der Waals surface area contributed by atoms with E-state index >= 15 is 0 Å². The van der Waals surface area contributed by atoms with Crippen LogP contribution in [0.25, 0.3) is 0 Å². The van der Waals surface area contributed by atoms with E-state index in [9.17, 15) is 9.59 Å². The minimum Gasteiger partial charge on any atom is -0.383 e. The van der Waals surface area contributed by atoms with Crippen molar-refractivity contribution >= 4 is 34.8 Å². The highest BCUT2D eigenvalue weighted by atomic mass is 35.5. The van der Waals surface area contributed by atoms with Gasteiger partial charge in [-0.2, -0.15) is 5.10 Å². The van der Waals surface area contributed by atoms with Crippen LogP contribution in [0.1, 0.15) is 58.3 Å². The van der Waals surface area contributed by atoms with Crippen LogP contribution >= 0.6 is 11.6 Å². The molecule has 0 spiro atoms. The monoisotopic (exact) mass is 462 g/mol. The Morgan fingerprint density at radius 2 is 1.94 bits per heavy atom. The van der Waals surface area contributed by atoms with Crippen LogP contribution in [0.5, 0.6) is 0 Å². The van der Waals surface area contributed by atoms with Gasteiger partial charge in [0.25, 0.3) is 5.91 Å². The number of benzene rings is 2. The fourth-order valence-electron chi connectivity index (χ4n) is 5.68. The average Bonchev–Trinajstić information content (AvgIpc) is 3.41. The SMILES string of the molecule is Cc1ccc(NC(=O)c2c(C3CC4CC(=O)C(c5ccccc5)C4C3)nn(C)c2N)cc1Cl. The van der Waals surface area contributed by atoms with E-state index in [0.717, 1.165) is 29.7 Å². The normalized spacial score (nSPS) is 24.2. The number of aromatic nitrogens is 2. The number of Topliss-reactive ketones (excluding diaryl/α,β-unsaturated/α-hetero) is 1. The summed E-state index contributed by atoms with van der Waals surface area (Å²) >= 11 is 6.22. The van der Waals surface area contributed by atoms with Crippen molar-refractivity contribution < 1.29 is 9.59 Å². The van der Waals surface area contributed by atoms with Crippen molar-refractivity contribution in [2.24, 2.45) is 18.9 Å². The van der Waals surface area contributed by atoms with E-state index in [2.05, 4.69) is 10.4 Å². The maximum atomic E-state index is 13.3. The molecule has 33 heavy (non-hydrogen) atoms. The molecule has 4 unspecified atom stereocenters. The lowest BCUT2D eigenvalue weighted by Crippen LogP contribution is -2.17. The topological polar surface area (TPSA) is 90.0 Å². The molecule has 1 aromatic heterocycles. The second-order valence-corrected chi connectivity index (χ2v) is 9.75. The molecule has 0 aliphatic heterocycles. The summed E-state index contributed by atoms with van der Waals surface area (Å²) in [5.41, 5.74) is 10.1. The molecule has 4 atom stereocenters. The summed E-state index contributed by atoms with van der Waals surface area (Å²) in [4.78, 5) is 26.1. The zero-order valence-corrected chi connectivity index (χ0v) is 19.5. The van der Waals surface area contributed by atoms with Gasteiger partial charge in [-0.25, -0.2) is 0 Å². The second-order valence-electron chi connectivity index (χ2n) is 9.34. The van der Waals surface area contributed by atoms with E-state index in [4.69, 9.17) is 17.3 Å². The Morgan fingerprint density at radius 1 is 1.18 bits per heavy atom. The van der Waals surface area contributed by atoms with Crippen molar-refractivity contribution in [3.63, 3.8) is 0 Å². The van der Waals surface area contributed by atoms with E-state index in [0.29, 0.717) is 40.2 Å². The Hall–Kier alpha value is -3.12. The Kier molecular flexibility index (Phi) is 5.49. The van der Waals surface area contributed by atoms with Crippen LogP contribution in [0.4, 0.5) is 11.5 Å². The van der Waals surface area contributed by atoms with Crippen molar-refractivity contribution in [3.8, 4) is 0 Å². The molecule has 7 heteroatoms. The fourth-order valence-corrected chi connectivity index (χ4v) is 5.86. The first kappa shape index (κ1) is 21.7. The predicted octanol–water partition coefficient (Wildman–Crippen LogP) is 5.08. The first-order valence-corrected chi connectivity index (χ1v) is 11.7. The van der Waals surface area contributed by atoms with Gasteiger partial charge in [0.1, 0.15) is 17.2 Å². The van der Waals surface area contributed by atoms with Gasteiger partial charge in [-0.1, -0.05) is 48.0 Å². The van der Waals surface area contributed by atoms with Gasteiger partial charge in [-0.3, -0.25) is 14.3 Å². The van der Waals surface area contributed by atoms with Gasteiger partial charge in [0.05, 0.1) is 5.69 Å². The highest BCUT2D eigenvalue weighted by Gasteiger charge is 2.49. The van der Waals surface area contributed by atoms with Gasteiger partial charge in [0.2, 0.25) is 0 Å². The van der Waals surface area contributed by atoms with Crippen LogP contribution in [0.3, 0.4) is 0 Å². The van der Waals surface area contributed by atoms with Crippen LogP contribution in [0.2, 0.25) is 5.02 Å². The molecule has 3 N–H and O–H groups in total. The molecule has 2 saturated carbocycles. The number of aryl methyl sites for hydroxylation is 2. The molecule has 1 amide bonds. The molecular formula is C26H27ClN4O2. The number of amides is 1. The van der Waals surface area contributed by atoms with Crippen molar-refractivity contribution in [1.82, 2.24) is 9.78 Å². The molecule has 5 rings (SSSR count). The zero-order chi connectivity index (χ0) is 23.3. The Morgan fingerprint density at radius 3 is 2.67 bits per heavy atom. The highest BCUT2D eigenvalue weighted by Crippen LogP contribution is 2.55. The van der Waals surface area contributed by atoms with Gasteiger partial charge in [0.15, 0.2) is 0 Å². The van der Waals surface area contributed by atoms with Crippen LogP contribution in [0.15, 0.2) is 48.5 Å². The Balaban J connectivity index is 1.42. The first-order chi connectivity index (χ1) is 15.8. The minimum absolute atomic E-state index is 0.0748. The number of nitrogens with one attached hydrogen (secondary N) is 1. The number of ketones is 1. The molecule has 2 aliphatic rings. The number of nitrogens with two attached hydrogens (primary N) is 1. The lowest BCUT2D eigenvalue weighted by atomic mass is 9.85. The maximum Gasteiger partial charge on any atom is 0.261 e. The summed E-state index contributed by atoms with van der Waals surface area (Å²) < 4.78 is 1.57. The fraction of sp³-hybridized carbons (Fsp3) is 0.346. The number of carbonyl (C=O) groups is 2. The molecule has 0 radical (unpaired) electrons. The molecule has 3 aromatic rings. The molecule has 170 valence electrons. The summed E-state index contributed by atoms with van der Waals surface area (Å²) in [6, 6.07) is 15.5. The van der Waals surface area contributed by atoms with E-state index < -0.39 is 0 Å². The molecule has 0 saturated heterocycles. The van der Waals surface area contributed by atoms with E-state index in [1.165, 1.54) is 0 Å². The van der Waals surface area contributed by atoms with Crippen molar-refractivity contribution in [2.45, 2.75) is 38.0 Å². The average molecular weight is 463 g/mol. The maximum absolute atomic E-state index is 13.3. The van der Waals surface area contributed by atoms with Crippen molar-refractivity contribution in [3.05, 3.63) is 75.9 Å². The summed E-state index contributed by atoms with van der Waals surface area (Å²) in [5, 5.41) is 8.17. The molecule has 6 nitrogen and oxygen atoms in total. The molecule has 2 fully saturated rings. The number of nitrogen functional groups attached to an aromatic ring is 1. The number of carbonyl (C=O) groups excluding carboxylic acids is 2. The van der Waals surface area contributed by atoms with Crippen LogP contribution in [0, 0.1) is 18.8 Å². The Bertz CT molecular complexity index is 1240. The summed E-state index contributed by atoms with van der Waals surface area (Å²) in [5.74, 6) is 0.961. The standard InChI is InChI=1S/C26H27ClN4O2/c1-14-8-9-18(13-20(14)27)29-26(33)23-24(30-31(2)25(23)28)17-10-16-12-21(32)22(19(16)11-17)15-6-4-3-5-7-15/h3-9,13,16-17,19,22H,10-12,28H2,1-2H3,(H,29,33). The largest absolute Gasteiger partial charge is 0.383 e. The third-order valence-corrected chi connectivity index (χ3v) is 7.72. The van der Waals surface area contributed by atoms with Gasteiger partial charge in [0, 0.05) is 36.0 Å². The smallest absolute Gasteiger partial charge is 0.261 e. The van der Waals surface area contributed by atoms with Gasteiger partial charge in [-0.15, -0.1) is 0 Å². The summed E-state index contributed by atoms with van der Waals surface area (Å²) in [6.07, 6.45) is 2.25. The number of rotatable bonds is 4. The second kappa shape index (κ2) is 8.34. The molecular weight excluding hydrogens is 436 g/mol. The third kappa shape index (κ3) is 3.82. The highest BCUT2D eigenvalue weighted by molar-refractivity contribution is 6.31. The molecule has 0 bridgehead atoms. The quantitative estimate of drug-likeness (QED) is 0.565. The molecule has 1 heterocycles. The van der Waals surface area contributed by atoms with E-state index in [1.54, 1.807) is 17.8 Å². The first-order valence-electron chi connectivity index (χ1n) is 11.3. The van der Waals surface area contributed by atoms with Crippen LogP contribution in [-0.2, 0) is 11.8 Å². The predicted molar refractivity (Wildman–Crippen MR) is 130 cm³/mol. The van der Waals surface area contributed by atoms with Crippen molar-refractivity contribution in [2.75, 3.05) is 11.1 Å². The van der Waals surface area contributed by atoms with Crippen LogP contribution < -0.4 is 11.1 Å². The van der Waals surface area contributed by atoms with Gasteiger partial charge < -0.3 is 11.1 Å². The van der Waals surface area contributed by atoms with Crippen LogP contribution in [-0.4, -0.2) is 21.5 Å². The van der Waals surface area contributed by atoms with Crippen molar-refractivity contribution in [1.29, 1.82) is 0 Å². The summed E-state index contributed by atoms with van der Waals surface area (Å²) in [7, 11) is 1.75.